The number of nitrogens with one attached hydrogen (secondary N) is 1. The first kappa shape index (κ1) is 14.8. The van der Waals surface area contributed by atoms with Crippen molar-refractivity contribution in [2.45, 2.75) is 38.6 Å². The second kappa shape index (κ2) is 6.21. The largest absolute Gasteiger partial charge is 0.363 e. The van der Waals surface area contributed by atoms with Crippen LogP contribution in [0.5, 0.6) is 0 Å². The fourth-order valence-corrected chi connectivity index (χ4v) is 2.81. The number of aromatic nitrogens is 2. The average Bonchev–Trinajstić information content (AvgIpc) is 2.74. The Morgan fingerprint density at radius 3 is 2.80 bits per heavy atom. The number of hydrogen-bond donors (Lipinski definition) is 1. The number of aryl methyl sites for hydroxylation is 2. The normalized spacial score (nSPS) is 20.1. The van der Waals surface area contributed by atoms with Crippen molar-refractivity contribution in [2.24, 2.45) is 7.05 Å². The third-order valence-electron chi connectivity index (χ3n) is 4.04. The van der Waals surface area contributed by atoms with Gasteiger partial charge in [0.05, 0.1) is 4.92 Å². The van der Waals surface area contributed by atoms with Gasteiger partial charge in [0.15, 0.2) is 0 Å². The molecule has 1 N–H and O–H groups in total. The molecule has 1 unspecified atom stereocenters. The average molecular weight is 281 g/mol. The number of likely N-dealkylation sites (N-methyl/N-ethyl adjacent to an activating group) is 1. The number of nitro groups is 1. The van der Waals surface area contributed by atoms with Crippen LogP contribution in [-0.4, -0.2) is 45.8 Å². The summed E-state index contributed by atoms with van der Waals surface area (Å²) >= 11 is 0. The lowest BCUT2D eigenvalue weighted by molar-refractivity contribution is -0.384. The minimum Gasteiger partial charge on any atom is -0.363 e. The van der Waals surface area contributed by atoms with Crippen molar-refractivity contribution in [3.8, 4) is 0 Å². The van der Waals surface area contributed by atoms with E-state index in [4.69, 9.17) is 0 Å². The van der Waals surface area contributed by atoms with Gasteiger partial charge < -0.3 is 10.2 Å². The molecule has 1 aromatic heterocycles. The molecule has 2 rings (SSSR count). The number of likely N-dealkylation sites (tertiary alicyclic amines) is 1. The van der Waals surface area contributed by atoms with E-state index in [1.54, 1.807) is 11.7 Å². The van der Waals surface area contributed by atoms with Gasteiger partial charge in [-0.1, -0.05) is 13.3 Å². The van der Waals surface area contributed by atoms with Gasteiger partial charge in [-0.2, -0.15) is 5.10 Å². The van der Waals surface area contributed by atoms with Crippen LogP contribution >= 0.6 is 0 Å². The highest BCUT2D eigenvalue weighted by Crippen LogP contribution is 2.28. The van der Waals surface area contributed by atoms with Gasteiger partial charge in [-0.25, -0.2) is 4.68 Å². The predicted octanol–water partition coefficient (Wildman–Crippen LogP) is 1.79. The number of anilines is 1. The maximum atomic E-state index is 11.2. The predicted molar refractivity (Wildman–Crippen MR) is 78.0 cm³/mol. The molecule has 7 nitrogen and oxygen atoms in total. The van der Waals surface area contributed by atoms with Crippen LogP contribution in [0.1, 0.15) is 31.9 Å². The number of hydrogen-bond acceptors (Lipinski definition) is 5. The minimum atomic E-state index is -0.335. The van der Waals surface area contributed by atoms with Crippen molar-refractivity contribution in [1.82, 2.24) is 14.7 Å². The van der Waals surface area contributed by atoms with E-state index in [9.17, 15) is 10.1 Å². The van der Waals surface area contributed by atoms with Gasteiger partial charge in [0.25, 0.3) is 0 Å². The van der Waals surface area contributed by atoms with Crippen molar-refractivity contribution < 1.29 is 4.92 Å². The SMILES string of the molecule is CCc1nn(C)c(NCC2CCCCN2C)c1[N+](=O)[O-]. The summed E-state index contributed by atoms with van der Waals surface area (Å²) in [5, 5.41) is 18.7. The summed E-state index contributed by atoms with van der Waals surface area (Å²) in [5.41, 5.74) is 0.658. The molecule has 1 aliphatic rings. The summed E-state index contributed by atoms with van der Waals surface area (Å²) in [7, 11) is 3.86. The molecule has 1 saturated heterocycles. The summed E-state index contributed by atoms with van der Waals surface area (Å²) in [6.45, 7) is 3.70. The highest BCUT2D eigenvalue weighted by molar-refractivity contribution is 5.59. The minimum absolute atomic E-state index is 0.119. The molecule has 0 radical (unpaired) electrons. The molecule has 0 aromatic carbocycles. The Hall–Kier alpha value is -1.63. The van der Waals surface area contributed by atoms with Crippen LogP contribution in [0.15, 0.2) is 0 Å². The maximum absolute atomic E-state index is 11.2. The van der Waals surface area contributed by atoms with Gasteiger partial charge in [0.1, 0.15) is 5.69 Å². The Bertz CT molecular complexity index is 485. The van der Waals surface area contributed by atoms with E-state index >= 15 is 0 Å². The maximum Gasteiger partial charge on any atom is 0.333 e. The van der Waals surface area contributed by atoms with Gasteiger partial charge in [-0.15, -0.1) is 0 Å². The molecular weight excluding hydrogens is 258 g/mol. The molecular formula is C13H23N5O2. The molecule has 0 bridgehead atoms. The van der Waals surface area contributed by atoms with Crippen LogP contribution in [0.25, 0.3) is 0 Å². The third kappa shape index (κ3) is 2.92. The summed E-state index contributed by atoms with van der Waals surface area (Å²) in [6.07, 6.45) is 4.16. The first-order valence-electron chi connectivity index (χ1n) is 7.19. The van der Waals surface area contributed by atoms with E-state index in [1.165, 1.54) is 12.8 Å². The zero-order valence-corrected chi connectivity index (χ0v) is 12.4. The van der Waals surface area contributed by atoms with Crippen LogP contribution in [0.2, 0.25) is 0 Å². The Kier molecular flexibility index (Phi) is 4.59. The molecule has 2 heterocycles. The van der Waals surface area contributed by atoms with E-state index < -0.39 is 0 Å². The molecule has 0 aliphatic carbocycles. The zero-order chi connectivity index (χ0) is 14.7. The van der Waals surface area contributed by atoms with Crippen molar-refractivity contribution in [2.75, 3.05) is 25.5 Å². The topological polar surface area (TPSA) is 76.2 Å². The van der Waals surface area contributed by atoms with Crippen LogP contribution in [0.3, 0.4) is 0 Å². The molecule has 0 amide bonds. The highest BCUT2D eigenvalue weighted by Gasteiger charge is 2.27. The quantitative estimate of drug-likeness (QED) is 0.657. The van der Waals surface area contributed by atoms with E-state index in [-0.39, 0.29) is 10.6 Å². The monoisotopic (exact) mass is 281 g/mol. The standard InChI is InChI=1S/C13H23N5O2/c1-4-11-12(18(19)20)13(17(3)15-11)14-9-10-7-5-6-8-16(10)2/h10,14H,4-9H2,1-3H3. The summed E-state index contributed by atoms with van der Waals surface area (Å²) in [4.78, 5) is 13.2. The van der Waals surface area contributed by atoms with Crippen LogP contribution < -0.4 is 5.32 Å². The van der Waals surface area contributed by atoms with Crippen molar-refractivity contribution in [3.05, 3.63) is 15.8 Å². The molecule has 1 atom stereocenters. The van der Waals surface area contributed by atoms with Crippen molar-refractivity contribution in [3.63, 3.8) is 0 Å². The molecule has 20 heavy (non-hydrogen) atoms. The molecule has 1 aliphatic heterocycles. The first-order chi connectivity index (χ1) is 9.54. The van der Waals surface area contributed by atoms with Gasteiger partial charge in [0, 0.05) is 19.6 Å². The molecule has 0 saturated carbocycles. The lowest BCUT2D eigenvalue weighted by Crippen LogP contribution is -2.41. The lowest BCUT2D eigenvalue weighted by Gasteiger charge is -2.32. The fraction of sp³-hybridized carbons (Fsp3) is 0.769. The van der Waals surface area contributed by atoms with Gasteiger partial charge >= 0.3 is 5.69 Å². The van der Waals surface area contributed by atoms with Crippen molar-refractivity contribution in [1.29, 1.82) is 0 Å². The Balaban J connectivity index is 2.12. The summed E-state index contributed by atoms with van der Waals surface area (Å²) in [5.74, 6) is 0.519. The van der Waals surface area contributed by atoms with E-state index in [0.717, 1.165) is 19.5 Å². The second-order valence-corrected chi connectivity index (χ2v) is 5.39. The smallest absolute Gasteiger partial charge is 0.333 e. The Labute approximate surface area is 119 Å². The first-order valence-corrected chi connectivity index (χ1v) is 7.19. The second-order valence-electron chi connectivity index (χ2n) is 5.39. The summed E-state index contributed by atoms with van der Waals surface area (Å²) < 4.78 is 1.58. The van der Waals surface area contributed by atoms with Crippen LogP contribution in [0.4, 0.5) is 11.5 Å². The zero-order valence-electron chi connectivity index (χ0n) is 12.4. The molecule has 1 fully saturated rings. The van der Waals surface area contributed by atoms with Gasteiger partial charge in [-0.05, 0) is 32.9 Å². The van der Waals surface area contributed by atoms with E-state index in [1.807, 2.05) is 6.92 Å². The fourth-order valence-electron chi connectivity index (χ4n) is 2.81. The van der Waals surface area contributed by atoms with Crippen LogP contribution in [0, 0.1) is 10.1 Å². The molecule has 112 valence electrons. The molecule has 1 aromatic rings. The number of nitrogens with zero attached hydrogens (tertiary/aromatic N) is 4. The molecule has 0 spiro atoms. The lowest BCUT2D eigenvalue weighted by atomic mass is 10.0. The van der Waals surface area contributed by atoms with Crippen molar-refractivity contribution >= 4 is 11.5 Å². The highest BCUT2D eigenvalue weighted by atomic mass is 16.6. The Morgan fingerprint density at radius 1 is 1.45 bits per heavy atom. The third-order valence-corrected chi connectivity index (χ3v) is 4.04. The number of rotatable bonds is 5. The number of piperidine rings is 1. The van der Waals surface area contributed by atoms with E-state index in [2.05, 4.69) is 22.4 Å². The van der Waals surface area contributed by atoms with Crippen LogP contribution in [-0.2, 0) is 13.5 Å². The Morgan fingerprint density at radius 2 is 2.20 bits per heavy atom. The van der Waals surface area contributed by atoms with Gasteiger partial charge in [-0.3, -0.25) is 10.1 Å². The summed E-state index contributed by atoms with van der Waals surface area (Å²) in [6, 6.07) is 0.434. The molecule has 7 heteroatoms. The van der Waals surface area contributed by atoms with Gasteiger partial charge in [0.2, 0.25) is 5.82 Å². The van der Waals surface area contributed by atoms with E-state index in [0.29, 0.717) is 24.0 Å².